The summed E-state index contributed by atoms with van der Waals surface area (Å²) in [5, 5.41) is 0. The fourth-order valence-corrected chi connectivity index (χ4v) is 3.45. The SMILES string of the molecule is C=C.CCC(C)(C)C.CCC1=C(\C)CCCN(C)C(=O)/C=C(C)/N=C\1c1ccc(C(C)(C)C)cc1. The summed E-state index contributed by atoms with van der Waals surface area (Å²) in [6.45, 7) is 28.7. The number of allylic oxidation sites excluding steroid dienone is 3. The zero-order valence-electron chi connectivity index (χ0n) is 24.6. The molecule has 0 aliphatic carbocycles. The first kappa shape index (κ1) is 32.6. The molecule has 1 aliphatic rings. The number of amides is 1. The van der Waals surface area contributed by atoms with Gasteiger partial charge in [-0.25, -0.2) is 0 Å². The Morgan fingerprint density at radius 2 is 1.49 bits per heavy atom. The highest BCUT2D eigenvalue weighted by molar-refractivity contribution is 6.13. The van der Waals surface area contributed by atoms with Crippen molar-refractivity contribution in [2.45, 2.75) is 100 Å². The van der Waals surface area contributed by atoms with Gasteiger partial charge >= 0.3 is 0 Å². The maximum atomic E-state index is 12.4. The number of carbonyl (C=O) groups excluding carboxylic acids is 1. The zero-order chi connectivity index (χ0) is 27.4. The third-order valence-corrected chi connectivity index (χ3v) is 6.28. The summed E-state index contributed by atoms with van der Waals surface area (Å²) in [6, 6.07) is 8.74. The van der Waals surface area contributed by atoms with Crippen molar-refractivity contribution in [1.82, 2.24) is 4.90 Å². The van der Waals surface area contributed by atoms with Gasteiger partial charge in [0.05, 0.1) is 5.71 Å². The molecule has 1 aromatic rings. The molecular formula is C32H52N2O. The molecule has 0 saturated heterocycles. The normalized spacial score (nSPS) is 20.7. The highest BCUT2D eigenvalue weighted by atomic mass is 16.2. The topological polar surface area (TPSA) is 32.7 Å². The summed E-state index contributed by atoms with van der Waals surface area (Å²) in [6.07, 6.45) is 5.81. The molecule has 2 rings (SSSR count). The largest absolute Gasteiger partial charge is 0.342 e. The Bertz CT molecular complexity index is 887. The van der Waals surface area contributed by atoms with Gasteiger partial charge in [0.2, 0.25) is 5.91 Å². The Hall–Kier alpha value is -2.42. The minimum atomic E-state index is 0.0243. The highest BCUT2D eigenvalue weighted by Crippen LogP contribution is 2.26. The average molecular weight is 481 g/mol. The van der Waals surface area contributed by atoms with Crippen molar-refractivity contribution in [2.24, 2.45) is 10.4 Å². The zero-order valence-corrected chi connectivity index (χ0v) is 24.6. The lowest BCUT2D eigenvalue weighted by Crippen LogP contribution is -2.26. The Kier molecular flexibility index (Phi) is 13.8. The molecule has 1 aliphatic heterocycles. The monoisotopic (exact) mass is 480 g/mol. The molecule has 0 fully saturated rings. The molecule has 1 heterocycles. The summed E-state index contributed by atoms with van der Waals surface area (Å²) in [4.78, 5) is 19.0. The first-order valence-corrected chi connectivity index (χ1v) is 13.0. The molecule has 0 aromatic heterocycles. The molecule has 0 saturated carbocycles. The molecule has 0 N–H and O–H groups in total. The van der Waals surface area contributed by atoms with E-state index in [4.69, 9.17) is 4.99 Å². The summed E-state index contributed by atoms with van der Waals surface area (Å²) < 4.78 is 0. The van der Waals surface area contributed by atoms with Gasteiger partial charge in [0.15, 0.2) is 0 Å². The number of rotatable bonds is 2. The van der Waals surface area contributed by atoms with E-state index in [2.05, 4.69) is 99.7 Å². The molecule has 0 spiro atoms. The molecule has 0 atom stereocenters. The lowest BCUT2D eigenvalue weighted by Gasteiger charge is -2.20. The van der Waals surface area contributed by atoms with Gasteiger partial charge in [-0.05, 0) is 55.1 Å². The summed E-state index contributed by atoms with van der Waals surface area (Å²) in [7, 11) is 1.86. The van der Waals surface area contributed by atoms with Gasteiger partial charge in [0.25, 0.3) is 0 Å². The van der Waals surface area contributed by atoms with Crippen LogP contribution in [0.25, 0.3) is 0 Å². The average Bonchev–Trinajstić information content (AvgIpc) is 2.80. The van der Waals surface area contributed by atoms with Crippen molar-refractivity contribution in [3.8, 4) is 0 Å². The van der Waals surface area contributed by atoms with E-state index in [1.807, 2.05) is 14.0 Å². The minimum absolute atomic E-state index is 0.0243. The molecule has 3 nitrogen and oxygen atoms in total. The van der Waals surface area contributed by atoms with E-state index in [9.17, 15) is 4.79 Å². The third kappa shape index (κ3) is 11.7. The number of benzene rings is 1. The van der Waals surface area contributed by atoms with Gasteiger partial charge in [-0.15, -0.1) is 13.2 Å². The Labute approximate surface area is 217 Å². The second-order valence-electron chi connectivity index (χ2n) is 11.5. The number of hydrogen-bond donors (Lipinski definition) is 0. The minimum Gasteiger partial charge on any atom is -0.342 e. The van der Waals surface area contributed by atoms with Crippen LogP contribution < -0.4 is 0 Å². The summed E-state index contributed by atoms with van der Waals surface area (Å²) in [5.41, 5.74) is 7.51. The van der Waals surface area contributed by atoms with Gasteiger partial charge in [-0.3, -0.25) is 9.79 Å². The van der Waals surface area contributed by atoms with Crippen LogP contribution in [0.15, 0.2) is 65.3 Å². The second-order valence-corrected chi connectivity index (χ2v) is 11.5. The number of hydrogen-bond acceptors (Lipinski definition) is 2. The van der Waals surface area contributed by atoms with Crippen LogP contribution in [-0.4, -0.2) is 30.1 Å². The molecule has 3 heteroatoms. The maximum Gasteiger partial charge on any atom is 0.248 e. The Morgan fingerprint density at radius 3 is 1.91 bits per heavy atom. The molecule has 0 radical (unpaired) electrons. The van der Waals surface area contributed by atoms with Gasteiger partial charge in [-0.2, -0.15) is 0 Å². The second kappa shape index (κ2) is 14.9. The van der Waals surface area contributed by atoms with Gasteiger partial charge < -0.3 is 4.90 Å². The summed E-state index contributed by atoms with van der Waals surface area (Å²) in [5.74, 6) is 0.0243. The van der Waals surface area contributed by atoms with E-state index in [1.54, 1.807) is 11.0 Å². The van der Waals surface area contributed by atoms with Crippen molar-refractivity contribution in [3.63, 3.8) is 0 Å². The number of aliphatic imine (C=N–C) groups is 1. The van der Waals surface area contributed by atoms with Crippen LogP contribution >= 0.6 is 0 Å². The predicted octanol–water partition coefficient (Wildman–Crippen LogP) is 8.90. The van der Waals surface area contributed by atoms with Crippen molar-refractivity contribution in [1.29, 1.82) is 0 Å². The highest BCUT2D eigenvalue weighted by Gasteiger charge is 2.17. The van der Waals surface area contributed by atoms with E-state index in [-0.39, 0.29) is 11.3 Å². The van der Waals surface area contributed by atoms with E-state index in [1.165, 1.54) is 23.1 Å². The lowest BCUT2D eigenvalue weighted by atomic mass is 9.85. The van der Waals surface area contributed by atoms with Crippen LogP contribution in [0.1, 0.15) is 106 Å². The fourth-order valence-electron chi connectivity index (χ4n) is 3.45. The number of nitrogens with zero attached hydrogens (tertiary/aromatic N) is 2. The predicted molar refractivity (Wildman–Crippen MR) is 156 cm³/mol. The van der Waals surface area contributed by atoms with Crippen LogP contribution in [0.2, 0.25) is 0 Å². The van der Waals surface area contributed by atoms with Crippen LogP contribution in [0.4, 0.5) is 0 Å². The summed E-state index contributed by atoms with van der Waals surface area (Å²) >= 11 is 0. The van der Waals surface area contributed by atoms with E-state index < -0.39 is 0 Å². The van der Waals surface area contributed by atoms with E-state index >= 15 is 0 Å². The van der Waals surface area contributed by atoms with Crippen LogP contribution in [-0.2, 0) is 10.2 Å². The quantitative estimate of drug-likeness (QED) is 0.389. The van der Waals surface area contributed by atoms with Crippen LogP contribution in [0, 0.1) is 5.41 Å². The molecule has 0 unspecified atom stereocenters. The molecular weight excluding hydrogens is 428 g/mol. The van der Waals surface area contributed by atoms with Crippen molar-refractivity contribution in [2.75, 3.05) is 13.6 Å². The number of carbonyl (C=O) groups is 1. The van der Waals surface area contributed by atoms with Gasteiger partial charge in [0.1, 0.15) is 0 Å². The van der Waals surface area contributed by atoms with Crippen molar-refractivity contribution < 1.29 is 4.79 Å². The first-order chi connectivity index (χ1) is 16.2. The van der Waals surface area contributed by atoms with Crippen LogP contribution in [0.5, 0.6) is 0 Å². The maximum absolute atomic E-state index is 12.4. The van der Waals surface area contributed by atoms with Crippen molar-refractivity contribution in [3.05, 3.63) is 71.5 Å². The third-order valence-electron chi connectivity index (χ3n) is 6.28. The number of likely N-dealkylation sites (N-methyl/N-ethyl adjacent to an activating group) is 1. The van der Waals surface area contributed by atoms with E-state index in [0.717, 1.165) is 42.8 Å². The molecule has 35 heavy (non-hydrogen) atoms. The molecule has 1 aromatic carbocycles. The standard InChI is InChI=1S/C24H34N2O.C6H14.C2H4/c1-8-21-17(2)10-9-15-26(7)22(27)16-18(3)25-23(21)19-11-13-20(14-12-19)24(4,5)6;1-5-6(2,3)4;1-2/h11-14,16H,8-10,15H2,1-7H3;5H2,1-4H3;1-2H2/b18-16+,21-17-,25-23-;;. The van der Waals surface area contributed by atoms with Gasteiger partial charge in [0, 0.05) is 30.9 Å². The molecule has 0 bridgehead atoms. The first-order valence-electron chi connectivity index (χ1n) is 13.0. The molecule has 196 valence electrons. The Morgan fingerprint density at radius 1 is 0.971 bits per heavy atom. The lowest BCUT2D eigenvalue weighted by molar-refractivity contribution is -0.124. The Balaban J connectivity index is 0.00000126. The van der Waals surface area contributed by atoms with Crippen molar-refractivity contribution >= 4 is 11.6 Å². The van der Waals surface area contributed by atoms with E-state index in [0.29, 0.717) is 5.41 Å². The smallest absolute Gasteiger partial charge is 0.248 e. The fraction of sp³-hybridized carbons (Fsp3) is 0.562. The van der Waals surface area contributed by atoms with Gasteiger partial charge in [-0.1, -0.05) is 91.6 Å². The molecule has 1 amide bonds. The van der Waals surface area contributed by atoms with Crippen LogP contribution in [0.3, 0.4) is 0 Å².